The van der Waals surface area contributed by atoms with Gasteiger partial charge in [-0.05, 0) is 149 Å². The van der Waals surface area contributed by atoms with Crippen molar-refractivity contribution >= 4 is 21.6 Å². The van der Waals surface area contributed by atoms with Gasteiger partial charge in [0.15, 0.2) is 0 Å². The fourth-order valence-electron chi connectivity index (χ4n) is 10.5. The molecule has 0 atom stereocenters. The van der Waals surface area contributed by atoms with E-state index in [1.54, 1.807) is 77.0 Å². The molecule has 0 heterocycles. The van der Waals surface area contributed by atoms with Crippen LogP contribution < -0.4 is 10.6 Å². The van der Waals surface area contributed by atoms with Gasteiger partial charge < -0.3 is 10.6 Å². The predicted octanol–water partition coefficient (Wildman–Crippen LogP) is 6.76. The van der Waals surface area contributed by atoms with Crippen LogP contribution in [0.3, 0.4) is 0 Å². The van der Waals surface area contributed by atoms with E-state index in [0.717, 1.165) is 46.3 Å². The van der Waals surface area contributed by atoms with Crippen LogP contribution in [-0.2, 0) is 0 Å². The van der Waals surface area contributed by atoms with Crippen LogP contribution in [0.2, 0.25) is 0 Å². The van der Waals surface area contributed by atoms with Crippen LogP contribution in [0.5, 0.6) is 0 Å². The summed E-state index contributed by atoms with van der Waals surface area (Å²) in [6, 6.07) is 0. The second kappa shape index (κ2) is 9.94. The van der Waals surface area contributed by atoms with Crippen molar-refractivity contribution in [1.29, 1.82) is 0 Å². The fourth-order valence-corrected chi connectivity index (χ4v) is 12.4. The van der Waals surface area contributed by atoms with Crippen LogP contribution in [0, 0.1) is 46.3 Å². The van der Waals surface area contributed by atoms with Crippen molar-refractivity contribution < 1.29 is 0 Å². The van der Waals surface area contributed by atoms with Gasteiger partial charge in [0.05, 0.1) is 0 Å². The van der Waals surface area contributed by atoms with E-state index in [4.69, 9.17) is 0 Å². The Morgan fingerprint density at radius 3 is 1.09 bits per heavy atom. The monoisotopic (exact) mass is 476 g/mol. The zero-order valence-electron chi connectivity index (χ0n) is 20.4. The topological polar surface area (TPSA) is 24.1 Å². The average Bonchev–Trinajstić information content (AvgIpc) is 2.72. The third-order valence-electron chi connectivity index (χ3n) is 10.8. The number of hydrogen-bond acceptors (Lipinski definition) is 4. The summed E-state index contributed by atoms with van der Waals surface area (Å²) in [4.78, 5) is 0. The molecule has 0 unspecified atom stereocenters. The molecule has 2 nitrogen and oxygen atoms in total. The SMILES string of the molecule is C(CSSCCNCCC12CC3CC(CC(C3)C1)C2)NCCC12CC3CC(CC(C3)C1)C2. The summed E-state index contributed by atoms with van der Waals surface area (Å²) in [5.41, 5.74) is 1.51. The lowest BCUT2D eigenvalue weighted by Gasteiger charge is -2.57. The Bertz CT molecular complexity index is 510. The first-order valence-corrected chi connectivity index (χ1v) is 16.8. The highest BCUT2D eigenvalue weighted by atomic mass is 33.1. The Morgan fingerprint density at radius 1 is 0.469 bits per heavy atom. The number of rotatable bonds is 13. The first-order chi connectivity index (χ1) is 15.7. The molecule has 32 heavy (non-hydrogen) atoms. The van der Waals surface area contributed by atoms with E-state index in [0.29, 0.717) is 0 Å². The summed E-state index contributed by atoms with van der Waals surface area (Å²) < 4.78 is 0. The summed E-state index contributed by atoms with van der Waals surface area (Å²) in [6.45, 7) is 4.93. The molecule has 8 aliphatic carbocycles. The number of hydrogen-bond donors (Lipinski definition) is 2. The van der Waals surface area contributed by atoms with E-state index in [9.17, 15) is 0 Å². The molecule has 0 aliphatic heterocycles. The molecule has 0 aromatic carbocycles. The lowest BCUT2D eigenvalue weighted by Crippen LogP contribution is -2.47. The molecule has 2 N–H and O–H groups in total. The van der Waals surface area contributed by atoms with E-state index < -0.39 is 0 Å². The minimum atomic E-state index is 0.755. The summed E-state index contributed by atoms with van der Waals surface area (Å²) in [5.74, 6) is 9.16. The molecule has 0 spiro atoms. The Kier molecular flexibility index (Phi) is 7.16. The molecular weight excluding hydrogens is 428 g/mol. The van der Waals surface area contributed by atoms with Gasteiger partial charge in [-0.1, -0.05) is 21.6 Å². The first-order valence-electron chi connectivity index (χ1n) is 14.3. The molecule has 4 heteroatoms. The van der Waals surface area contributed by atoms with Gasteiger partial charge in [-0.3, -0.25) is 0 Å². The molecule has 0 saturated heterocycles. The molecule has 0 amide bonds. The Hall–Kier alpha value is 0.620. The third kappa shape index (κ3) is 5.24. The minimum absolute atomic E-state index is 0.755. The standard InChI is InChI=1S/C28H48N2S2/c1(27-15-21-9-22(16-27)11-23(10-21)17-27)3-29-5-7-31-32-8-6-30-4-2-28-18-24-12-25(19-28)14-26(13-24)20-28/h21-26,29-30H,1-20H2. The lowest BCUT2D eigenvalue weighted by atomic mass is 9.49. The maximum absolute atomic E-state index is 3.78. The molecule has 8 bridgehead atoms. The van der Waals surface area contributed by atoms with Gasteiger partial charge in [0.25, 0.3) is 0 Å². The molecular formula is C28H48N2S2. The van der Waals surface area contributed by atoms with Crippen LogP contribution in [0.15, 0.2) is 0 Å². The zero-order valence-corrected chi connectivity index (χ0v) is 22.1. The van der Waals surface area contributed by atoms with E-state index >= 15 is 0 Å². The molecule has 8 fully saturated rings. The maximum Gasteiger partial charge on any atom is 0.0162 e. The van der Waals surface area contributed by atoms with Crippen LogP contribution in [-0.4, -0.2) is 37.7 Å². The lowest BCUT2D eigenvalue weighted by molar-refractivity contribution is -0.0568. The Labute approximate surface area is 205 Å². The van der Waals surface area contributed by atoms with Gasteiger partial charge in [-0.25, -0.2) is 0 Å². The smallest absolute Gasteiger partial charge is 0.0162 e. The molecule has 8 aliphatic rings. The minimum Gasteiger partial charge on any atom is -0.316 e. The average molecular weight is 477 g/mol. The van der Waals surface area contributed by atoms with Crippen molar-refractivity contribution in [3.8, 4) is 0 Å². The van der Waals surface area contributed by atoms with Crippen LogP contribution >= 0.6 is 21.6 Å². The molecule has 8 rings (SSSR count). The van der Waals surface area contributed by atoms with E-state index in [1.807, 2.05) is 0 Å². The summed E-state index contributed by atoms with van der Waals surface area (Å²) in [5, 5.41) is 7.57. The van der Waals surface area contributed by atoms with E-state index in [-0.39, 0.29) is 0 Å². The summed E-state index contributed by atoms with van der Waals surface area (Å²) in [6.07, 6.45) is 21.8. The number of nitrogens with one attached hydrogen (secondary N) is 2. The zero-order chi connectivity index (χ0) is 21.4. The van der Waals surface area contributed by atoms with Gasteiger partial charge in [0, 0.05) is 24.6 Å². The van der Waals surface area contributed by atoms with Gasteiger partial charge in [-0.15, -0.1) is 0 Å². The largest absolute Gasteiger partial charge is 0.316 e. The Balaban J connectivity index is 0.769. The van der Waals surface area contributed by atoms with Crippen LogP contribution in [0.25, 0.3) is 0 Å². The second-order valence-electron chi connectivity index (χ2n) is 13.5. The van der Waals surface area contributed by atoms with Crippen molar-refractivity contribution in [2.75, 3.05) is 37.7 Å². The van der Waals surface area contributed by atoms with Crippen molar-refractivity contribution in [3.05, 3.63) is 0 Å². The normalized spacial score (nSPS) is 45.8. The first kappa shape index (κ1) is 23.0. The van der Waals surface area contributed by atoms with Crippen molar-refractivity contribution in [1.82, 2.24) is 10.6 Å². The van der Waals surface area contributed by atoms with Crippen molar-refractivity contribution in [2.45, 2.75) is 89.9 Å². The molecule has 182 valence electrons. The van der Waals surface area contributed by atoms with E-state index in [1.165, 1.54) is 50.5 Å². The van der Waals surface area contributed by atoms with Crippen LogP contribution in [0.1, 0.15) is 89.9 Å². The quantitative estimate of drug-likeness (QED) is 0.226. The summed E-state index contributed by atoms with van der Waals surface area (Å²) in [7, 11) is 4.17. The van der Waals surface area contributed by atoms with Gasteiger partial charge in [-0.2, -0.15) is 0 Å². The highest BCUT2D eigenvalue weighted by Gasteiger charge is 2.51. The fraction of sp³-hybridized carbons (Fsp3) is 1.00. The third-order valence-corrected chi connectivity index (χ3v) is 13.2. The van der Waals surface area contributed by atoms with E-state index in [2.05, 4.69) is 32.2 Å². The highest BCUT2D eigenvalue weighted by molar-refractivity contribution is 8.76. The van der Waals surface area contributed by atoms with Gasteiger partial charge in [0.2, 0.25) is 0 Å². The van der Waals surface area contributed by atoms with Crippen molar-refractivity contribution in [2.24, 2.45) is 46.3 Å². The predicted molar refractivity (Wildman–Crippen MR) is 141 cm³/mol. The molecule has 0 aromatic rings. The van der Waals surface area contributed by atoms with Crippen LogP contribution in [0.4, 0.5) is 0 Å². The molecule has 8 saturated carbocycles. The second-order valence-corrected chi connectivity index (χ2v) is 16.2. The highest BCUT2D eigenvalue weighted by Crippen LogP contribution is 2.62. The molecule has 0 radical (unpaired) electrons. The van der Waals surface area contributed by atoms with Gasteiger partial charge >= 0.3 is 0 Å². The maximum atomic E-state index is 3.78. The molecule has 0 aromatic heterocycles. The Morgan fingerprint density at radius 2 is 0.781 bits per heavy atom. The van der Waals surface area contributed by atoms with Crippen molar-refractivity contribution in [3.63, 3.8) is 0 Å². The van der Waals surface area contributed by atoms with Gasteiger partial charge in [0.1, 0.15) is 0 Å². The summed E-state index contributed by atoms with van der Waals surface area (Å²) >= 11 is 0.